The van der Waals surface area contributed by atoms with Crippen molar-refractivity contribution in [3.8, 4) is 17.1 Å². The molecule has 0 spiro atoms. The monoisotopic (exact) mass is 423 g/mol. The Hall–Kier alpha value is -3.35. The van der Waals surface area contributed by atoms with Gasteiger partial charge in [-0.1, -0.05) is 0 Å². The number of aryl methyl sites for hydroxylation is 1. The molecule has 0 atom stereocenters. The van der Waals surface area contributed by atoms with E-state index in [1.165, 1.54) is 17.8 Å². The average Bonchev–Trinajstić information content (AvgIpc) is 3.28. The van der Waals surface area contributed by atoms with Gasteiger partial charge in [-0.15, -0.1) is 0 Å². The molecule has 0 bridgehead atoms. The maximum atomic E-state index is 13.0. The number of halogens is 1. The van der Waals surface area contributed by atoms with Crippen molar-refractivity contribution in [2.75, 3.05) is 25.1 Å². The quantitative estimate of drug-likeness (QED) is 0.617. The number of nitrogens with one attached hydrogen (secondary N) is 1. The zero-order valence-electron chi connectivity index (χ0n) is 17.5. The number of hydrogen-bond acceptors (Lipinski definition) is 5. The second kappa shape index (κ2) is 9.64. The first kappa shape index (κ1) is 20.9. The maximum Gasteiger partial charge on any atom is 0.220 e. The summed E-state index contributed by atoms with van der Waals surface area (Å²) in [6.45, 7) is 1.80. The lowest BCUT2D eigenvalue weighted by atomic mass is 10.0. The molecular weight excluding hydrogens is 397 g/mol. The van der Waals surface area contributed by atoms with Gasteiger partial charge in [0.05, 0.1) is 13.3 Å². The van der Waals surface area contributed by atoms with Crippen molar-refractivity contribution in [2.45, 2.75) is 31.7 Å². The van der Waals surface area contributed by atoms with Gasteiger partial charge in [-0.25, -0.2) is 9.37 Å². The summed E-state index contributed by atoms with van der Waals surface area (Å²) in [5.74, 6) is 1.63. The minimum Gasteiger partial charge on any atom is -0.497 e. The number of benzene rings is 2. The van der Waals surface area contributed by atoms with Gasteiger partial charge < -0.3 is 19.4 Å². The van der Waals surface area contributed by atoms with Crippen LogP contribution in [0.3, 0.4) is 0 Å². The van der Waals surface area contributed by atoms with Crippen LogP contribution in [0.15, 0.2) is 59.1 Å². The van der Waals surface area contributed by atoms with Gasteiger partial charge in [0.2, 0.25) is 5.91 Å². The molecule has 7 heteroatoms. The van der Waals surface area contributed by atoms with Crippen LogP contribution >= 0.6 is 0 Å². The number of carbonyl (C=O) groups excluding carboxylic acids is 1. The van der Waals surface area contributed by atoms with E-state index in [4.69, 9.17) is 9.15 Å². The summed E-state index contributed by atoms with van der Waals surface area (Å²) < 4.78 is 24.0. The van der Waals surface area contributed by atoms with E-state index < -0.39 is 0 Å². The molecule has 2 heterocycles. The number of rotatable bonds is 7. The molecule has 162 valence electrons. The molecule has 0 aliphatic carbocycles. The number of oxazole rings is 1. The van der Waals surface area contributed by atoms with E-state index in [9.17, 15) is 9.18 Å². The smallest absolute Gasteiger partial charge is 0.220 e. The van der Waals surface area contributed by atoms with Crippen LogP contribution in [0.4, 0.5) is 10.1 Å². The Morgan fingerprint density at radius 2 is 1.87 bits per heavy atom. The summed E-state index contributed by atoms with van der Waals surface area (Å²) in [5.41, 5.74) is 1.93. The minimum absolute atomic E-state index is 0.00410. The first-order valence-electron chi connectivity index (χ1n) is 10.5. The predicted octanol–water partition coefficient (Wildman–Crippen LogP) is 4.21. The summed E-state index contributed by atoms with van der Waals surface area (Å²) in [6.07, 6.45) is 4.17. The lowest BCUT2D eigenvalue weighted by molar-refractivity contribution is -0.122. The van der Waals surface area contributed by atoms with Crippen LogP contribution in [-0.2, 0) is 11.2 Å². The summed E-state index contributed by atoms with van der Waals surface area (Å²) in [6, 6.07) is 14.3. The predicted molar refractivity (Wildman–Crippen MR) is 117 cm³/mol. The summed E-state index contributed by atoms with van der Waals surface area (Å²) in [5, 5.41) is 3.13. The summed E-state index contributed by atoms with van der Waals surface area (Å²) in [4.78, 5) is 18.9. The van der Waals surface area contributed by atoms with Gasteiger partial charge in [-0.05, 0) is 61.4 Å². The standard InChI is InChI=1S/C24H26FN3O3/c1-30-21-8-6-20(7-9-21)28-14-12-19(13-15-28)27-23(29)10-11-24-26-16-22(31-24)17-2-4-18(25)5-3-17/h2-9,16,19H,10-15H2,1H3,(H,27,29). The first-order chi connectivity index (χ1) is 15.1. The first-order valence-corrected chi connectivity index (χ1v) is 10.5. The van der Waals surface area contributed by atoms with E-state index in [2.05, 4.69) is 27.3 Å². The molecule has 2 aromatic carbocycles. The molecule has 4 rings (SSSR count). The molecule has 6 nitrogen and oxygen atoms in total. The van der Waals surface area contributed by atoms with Crippen molar-refractivity contribution >= 4 is 11.6 Å². The Kier molecular flexibility index (Phi) is 6.50. The number of nitrogens with zero attached hydrogens (tertiary/aromatic N) is 2. The highest BCUT2D eigenvalue weighted by molar-refractivity contribution is 5.76. The van der Waals surface area contributed by atoms with Crippen LogP contribution in [0.1, 0.15) is 25.2 Å². The normalized spacial score (nSPS) is 14.5. The third-order valence-electron chi connectivity index (χ3n) is 5.55. The van der Waals surface area contributed by atoms with Crippen LogP contribution in [-0.4, -0.2) is 37.1 Å². The summed E-state index contributed by atoms with van der Waals surface area (Å²) >= 11 is 0. The van der Waals surface area contributed by atoms with Crippen molar-refractivity contribution in [1.82, 2.24) is 10.3 Å². The maximum absolute atomic E-state index is 13.0. The van der Waals surface area contributed by atoms with Crippen LogP contribution in [0.5, 0.6) is 5.75 Å². The zero-order valence-corrected chi connectivity index (χ0v) is 17.5. The van der Waals surface area contributed by atoms with Crippen LogP contribution in [0.25, 0.3) is 11.3 Å². The van der Waals surface area contributed by atoms with Crippen molar-refractivity contribution < 1.29 is 18.3 Å². The lowest BCUT2D eigenvalue weighted by Gasteiger charge is -2.34. The number of hydrogen-bond donors (Lipinski definition) is 1. The van der Waals surface area contributed by atoms with Crippen molar-refractivity contribution in [2.24, 2.45) is 0 Å². The molecule has 31 heavy (non-hydrogen) atoms. The number of aromatic nitrogens is 1. The second-order valence-corrected chi connectivity index (χ2v) is 7.65. The molecule has 1 aromatic heterocycles. The molecule has 1 N–H and O–H groups in total. The average molecular weight is 423 g/mol. The van der Waals surface area contributed by atoms with Gasteiger partial charge in [0.1, 0.15) is 11.6 Å². The molecule has 1 aliphatic heterocycles. The second-order valence-electron chi connectivity index (χ2n) is 7.65. The molecule has 1 amide bonds. The molecule has 0 radical (unpaired) electrons. The van der Waals surface area contributed by atoms with Crippen LogP contribution in [0, 0.1) is 5.82 Å². The summed E-state index contributed by atoms with van der Waals surface area (Å²) in [7, 11) is 1.66. The highest BCUT2D eigenvalue weighted by Crippen LogP contribution is 2.23. The largest absolute Gasteiger partial charge is 0.497 e. The zero-order chi connectivity index (χ0) is 21.6. The SMILES string of the molecule is COc1ccc(N2CCC(NC(=O)CCc3ncc(-c4ccc(F)cc4)o3)CC2)cc1. The number of amides is 1. The Morgan fingerprint density at radius 1 is 1.16 bits per heavy atom. The number of carbonyl (C=O) groups is 1. The van der Waals surface area contributed by atoms with Crippen molar-refractivity contribution in [3.63, 3.8) is 0 Å². The lowest BCUT2D eigenvalue weighted by Crippen LogP contribution is -2.44. The molecular formula is C24H26FN3O3. The van der Waals surface area contributed by atoms with Gasteiger partial charge in [0.15, 0.2) is 11.7 Å². The van der Waals surface area contributed by atoms with E-state index in [1.54, 1.807) is 25.4 Å². The highest BCUT2D eigenvalue weighted by Gasteiger charge is 2.21. The topological polar surface area (TPSA) is 67.6 Å². The number of anilines is 1. The van der Waals surface area contributed by atoms with E-state index in [0.717, 1.165) is 37.2 Å². The Morgan fingerprint density at radius 3 is 2.55 bits per heavy atom. The molecule has 0 saturated carbocycles. The molecule has 1 saturated heterocycles. The van der Waals surface area contributed by atoms with Crippen molar-refractivity contribution in [1.29, 1.82) is 0 Å². The Balaban J connectivity index is 1.21. The van der Waals surface area contributed by atoms with E-state index in [-0.39, 0.29) is 17.8 Å². The van der Waals surface area contributed by atoms with E-state index in [0.29, 0.717) is 24.5 Å². The fourth-order valence-corrected chi connectivity index (χ4v) is 3.77. The third kappa shape index (κ3) is 5.42. The molecule has 3 aromatic rings. The third-order valence-corrected chi connectivity index (χ3v) is 5.55. The molecule has 1 fully saturated rings. The fraction of sp³-hybridized carbons (Fsp3) is 0.333. The molecule has 0 unspecified atom stereocenters. The Bertz CT molecular complexity index is 994. The van der Waals surface area contributed by atoms with Crippen molar-refractivity contribution in [3.05, 3.63) is 66.4 Å². The Labute approximate surface area is 181 Å². The van der Waals surface area contributed by atoms with E-state index >= 15 is 0 Å². The fourth-order valence-electron chi connectivity index (χ4n) is 3.77. The highest BCUT2D eigenvalue weighted by atomic mass is 19.1. The van der Waals surface area contributed by atoms with Crippen LogP contribution in [0.2, 0.25) is 0 Å². The van der Waals surface area contributed by atoms with Gasteiger partial charge >= 0.3 is 0 Å². The van der Waals surface area contributed by atoms with E-state index in [1.807, 2.05) is 12.1 Å². The van der Waals surface area contributed by atoms with Crippen LogP contribution < -0.4 is 15.0 Å². The van der Waals surface area contributed by atoms with Gasteiger partial charge in [0, 0.05) is 43.2 Å². The number of piperidine rings is 1. The van der Waals surface area contributed by atoms with Gasteiger partial charge in [-0.2, -0.15) is 0 Å². The number of ether oxygens (including phenoxy) is 1. The molecule has 1 aliphatic rings. The van der Waals surface area contributed by atoms with Gasteiger partial charge in [-0.3, -0.25) is 4.79 Å². The minimum atomic E-state index is -0.296. The van der Waals surface area contributed by atoms with Gasteiger partial charge in [0.25, 0.3) is 0 Å². The number of methoxy groups -OCH3 is 1.